The molecular formula is C13H16O6. The molecular weight excluding hydrogens is 252 g/mol. The molecule has 0 amide bonds. The van der Waals surface area contributed by atoms with E-state index in [0.29, 0.717) is 5.57 Å². The van der Waals surface area contributed by atoms with Crippen molar-refractivity contribution in [2.24, 2.45) is 0 Å². The first-order valence-corrected chi connectivity index (χ1v) is 5.53. The fraction of sp³-hybridized carbons (Fsp3) is 0.385. The predicted octanol–water partition coefficient (Wildman–Crippen LogP) is 1.04. The summed E-state index contributed by atoms with van der Waals surface area (Å²) < 4.78 is 15.6. The summed E-state index contributed by atoms with van der Waals surface area (Å²) in [5.41, 5.74) is 0.620. The smallest absolute Gasteiger partial charge is 0.328 e. The number of hydrogen-bond acceptors (Lipinski definition) is 5. The van der Waals surface area contributed by atoms with E-state index in [-0.39, 0.29) is 0 Å². The number of methoxy groups -OCH3 is 2. The minimum absolute atomic E-state index is 0.508. The van der Waals surface area contributed by atoms with Crippen LogP contribution in [0, 0.1) is 0 Å². The third kappa shape index (κ3) is 3.77. The topological polar surface area (TPSA) is 82.1 Å². The van der Waals surface area contributed by atoms with E-state index in [1.807, 2.05) is 0 Å². The van der Waals surface area contributed by atoms with Crippen LogP contribution in [0.15, 0.2) is 36.0 Å². The Morgan fingerprint density at radius 1 is 1.42 bits per heavy atom. The summed E-state index contributed by atoms with van der Waals surface area (Å²) in [6.07, 6.45) is 6.49. The third-order valence-electron chi connectivity index (χ3n) is 2.54. The maximum atomic E-state index is 11.1. The summed E-state index contributed by atoms with van der Waals surface area (Å²) in [7, 11) is 2.83. The van der Waals surface area contributed by atoms with Crippen LogP contribution in [0.5, 0.6) is 0 Å². The minimum atomic E-state index is -1.33. The van der Waals surface area contributed by atoms with Crippen molar-refractivity contribution in [3.63, 3.8) is 0 Å². The van der Waals surface area contributed by atoms with Crippen molar-refractivity contribution < 1.29 is 28.9 Å². The highest BCUT2D eigenvalue weighted by molar-refractivity contribution is 5.80. The molecule has 0 radical (unpaired) electrons. The van der Waals surface area contributed by atoms with E-state index < -0.39 is 23.8 Å². The second-order valence-electron chi connectivity index (χ2n) is 3.85. The fourth-order valence-corrected chi connectivity index (χ4v) is 1.71. The first kappa shape index (κ1) is 15.1. The first-order valence-electron chi connectivity index (χ1n) is 5.53. The number of carboxylic acids is 1. The van der Waals surface area contributed by atoms with Gasteiger partial charge in [0.2, 0.25) is 0 Å². The number of ether oxygens (including phenoxy) is 3. The number of allylic oxidation sites excluding steroid dienone is 3. The van der Waals surface area contributed by atoms with Crippen molar-refractivity contribution in [2.75, 3.05) is 14.2 Å². The Balaban J connectivity index is 3.00. The molecule has 0 aromatic heterocycles. The molecule has 1 N–H and O–H groups in total. The zero-order chi connectivity index (χ0) is 14.5. The van der Waals surface area contributed by atoms with Gasteiger partial charge in [-0.2, -0.15) is 0 Å². The molecule has 2 atom stereocenters. The van der Waals surface area contributed by atoms with E-state index in [0.717, 1.165) is 6.08 Å². The zero-order valence-electron chi connectivity index (χ0n) is 11.0. The highest BCUT2D eigenvalue weighted by Gasteiger charge is 2.41. The Morgan fingerprint density at radius 2 is 2.11 bits per heavy atom. The normalized spacial score (nSPS) is 26.3. The number of esters is 1. The molecule has 0 heterocycles. The highest BCUT2D eigenvalue weighted by Crippen LogP contribution is 2.29. The van der Waals surface area contributed by atoms with Gasteiger partial charge >= 0.3 is 11.9 Å². The summed E-state index contributed by atoms with van der Waals surface area (Å²) in [5.74, 6) is -2.89. The lowest BCUT2D eigenvalue weighted by Gasteiger charge is -2.35. The molecule has 0 aliphatic heterocycles. The van der Waals surface area contributed by atoms with Gasteiger partial charge in [-0.1, -0.05) is 6.08 Å². The van der Waals surface area contributed by atoms with Gasteiger partial charge < -0.3 is 19.3 Å². The summed E-state index contributed by atoms with van der Waals surface area (Å²) in [6.45, 7) is 1.27. The standard InChI is InChI=1S/C13H16O6/c1-9(14)19-13(18-3)7-6-10(4-5-12(15)16)8-11(13)17-2/h4-8,11H,1-3H3,(H,15,16). The van der Waals surface area contributed by atoms with Gasteiger partial charge in [0, 0.05) is 27.2 Å². The average Bonchev–Trinajstić information content (AvgIpc) is 2.36. The molecule has 0 spiro atoms. The van der Waals surface area contributed by atoms with Crippen LogP contribution in [0.25, 0.3) is 0 Å². The van der Waals surface area contributed by atoms with Gasteiger partial charge in [-0.25, -0.2) is 4.79 Å². The molecule has 2 unspecified atom stereocenters. The monoisotopic (exact) mass is 268 g/mol. The Labute approximate surface area is 111 Å². The van der Waals surface area contributed by atoms with E-state index in [9.17, 15) is 9.59 Å². The van der Waals surface area contributed by atoms with Gasteiger partial charge in [-0.3, -0.25) is 4.79 Å². The van der Waals surface area contributed by atoms with Crippen LogP contribution < -0.4 is 0 Å². The maximum absolute atomic E-state index is 11.1. The van der Waals surface area contributed by atoms with Crippen LogP contribution in [0.1, 0.15) is 6.92 Å². The van der Waals surface area contributed by atoms with Crippen LogP contribution in [0.4, 0.5) is 0 Å². The Kier molecular flexibility index (Phi) is 5.02. The van der Waals surface area contributed by atoms with Gasteiger partial charge in [0.25, 0.3) is 5.79 Å². The van der Waals surface area contributed by atoms with E-state index in [1.165, 1.54) is 33.3 Å². The maximum Gasteiger partial charge on any atom is 0.328 e. The summed E-state index contributed by atoms with van der Waals surface area (Å²) in [5, 5.41) is 8.57. The van der Waals surface area contributed by atoms with Gasteiger partial charge in [-0.05, 0) is 23.8 Å². The Morgan fingerprint density at radius 3 is 2.58 bits per heavy atom. The number of carboxylic acid groups (broad SMARTS) is 1. The molecule has 0 aromatic rings. The van der Waals surface area contributed by atoms with E-state index in [1.54, 1.807) is 12.2 Å². The third-order valence-corrected chi connectivity index (χ3v) is 2.54. The first-order chi connectivity index (χ1) is 8.93. The Bertz CT molecular complexity index is 448. The molecule has 6 heteroatoms. The van der Waals surface area contributed by atoms with E-state index >= 15 is 0 Å². The predicted molar refractivity (Wildman–Crippen MR) is 66.3 cm³/mol. The molecule has 1 aliphatic carbocycles. The van der Waals surface area contributed by atoms with Crippen LogP contribution in [-0.4, -0.2) is 43.2 Å². The molecule has 1 rings (SSSR count). The lowest BCUT2D eigenvalue weighted by Crippen LogP contribution is -2.47. The SMILES string of the molecule is COC1C=C(C=CC(=O)O)C=CC1(OC)OC(C)=O. The minimum Gasteiger partial charge on any atom is -0.478 e. The van der Waals surface area contributed by atoms with Crippen molar-refractivity contribution in [3.05, 3.63) is 36.0 Å². The second kappa shape index (κ2) is 6.31. The van der Waals surface area contributed by atoms with Crippen LogP contribution in [-0.2, 0) is 23.8 Å². The highest BCUT2D eigenvalue weighted by atomic mass is 16.7. The van der Waals surface area contributed by atoms with Crippen LogP contribution in [0.3, 0.4) is 0 Å². The van der Waals surface area contributed by atoms with Gasteiger partial charge in [-0.15, -0.1) is 0 Å². The number of aliphatic carboxylic acids is 1. The van der Waals surface area contributed by atoms with Crippen molar-refractivity contribution in [1.29, 1.82) is 0 Å². The van der Waals surface area contributed by atoms with Gasteiger partial charge in [0.15, 0.2) is 0 Å². The number of carbonyl (C=O) groups is 2. The summed E-state index contributed by atoms with van der Waals surface area (Å²) in [4.78, 5) is 21.6. The van der Waals surface area contributed by atoms with Crippen molar-refractivity contribution >= 4 is 11.9 Å². The Hall–Kier alpha value is -1.92. The van der Waals surface area contributed by atoms with Crippen LogP contribution >= 0.6 is 0 Å². The molecule has 0 bridgehead atoms. The fourth-order valence-electron chi connectivity index (χ4n) is 1.71. The molecule has 104 valence electrons. The van der Waals surface area contributed by atoms with Gasteiger partial charge in [0.1, 0.15) is 6.10 Å². The summed E-state index contributed by atoms with van der Waals surface area (Å²) in [6, 6.07) is 0. The second-order valence-corrected chi connectivity index (χ2v) is 3.85. The molecule has 1 aliphatic rings. The van der Waals surface area contributed by atoms with Crippen molar-refractivity contribution in [1.82, 2.24) is 0 Å². The number of rotatable bonds is 5. The van der Waals surface area contributed by atoms with Crippen molar-refractivity contribution in [3.8, 4) is 0 Å². The molecule has 6 nitrogen and oxygen atoms in total. The largest absolute Gasteiger partial charge is 0.478 e. The summed E-state index contributed by atoms with van der Waals surface area (Å²) >= 11 is 0. The quantitative estimate of drug-likeness (QED) is 0.456. The molecule has 19 heavy (non-hydrogen) atoms. The number of carbonyl (C=O) groups excluding carboxylic acids is 1. The molecule has 0 fully saturated rings. The lowest BCUT2D eigenvalue weighted by molar-refractivity contribution is -0.229. The number of hydrogen-bond donors (Lipinski definition) is 1. The molecule has 0 aromatic carbocycles. The van der Waals surface area contributed by atoms with E-state index in [2.05, 4.69) is 0 Å². The molecule has 0 saturated heterocycles. The average molecular weight is 268 g/mol. The van der Waals surface area contributed by atoms with Crippen molar-refractivity contribution in [2.45, 2.75) is 18.8 Å². The lowest BCUT2D eigenvalue weighted by atomic mass is 9.98. The van der Waals surface area contributed by atoms with Gasteiger partial charge in [0.05, 0.1) is 0 Å². The molecule has 0 saturated carbocycles. The van der Waals surface area contributed by atoms with Crippen LogP contribution in [0.2, 0.25) is 0 Å². The van der Waals surface area contributed by atoms with E-state index in [4.69, 9.17) is 19.3 Å². The zero-order valence-corrected chi connectivity index (χ0v) is 11.0.